The van der Waals surface area contributed by atoms with Crippen LogP contribution in [0.5, 0.6) is 0 Å². The first-order valence-electron chi connectivity index (χ1n) is 6.27. The van der Waals surface area contributed by atoms with Crippen LogP contribution in [0.15, 0.2) is 24.3 Å². The molecule has 0 aliphatic carbocycles. The van der Waals surface area contributed by atoms with E-state index in [1.807, 2.05) is 32.0 Å². The van der Waals surface area contributed by atoms with E-state index in [0.29, 0.717) is 13.0 Å². The zero-order chi connectivity index (χ0) is 13.6. The molecule has 0 saturated carbocycles. The molecule has 0 bridgehead atoms. The molecule has 0 aromatic heterocycles. The monoisotopic (exact) mass is 244 g/mol. The van der Waals surface area contributed by atoms with E-state index in [1.165, 1.54) is 11.1 Å². The highest BCUT2D eigenvalue weighted by Crippen LogP contribution is 2.19. The fraction of sp³-hybridized carbons (Fsp3) is 0.467. The Bertz CT molecular complexity index is 462. The summed E-state index contributed by atoms with van der Waals surface area (Å²) in [7, 11) is 0. The average Bonchev–Trinajstić information content (AvgIpc) is 2.37. The van der Waals surface area contributed by atoms with Crippen molar-refractivity contribution in [2.75, 3.05) is 6.54 Å². The lowest BCUT2D eigenvalue weighted by atomic mass is 9.88. The first-order valence-corrected chi connectivity index (χ1v) is 6.27. The molecule has 0 heterocycles. The number of aryl methyl sites for hydroxylation is 1. The van der Waals surface area contributed by atoms with Gasteiger partial charge in [-0.25, -0.2) is 0 Å². The Kier molecular flexibility index (Phi) is 4.91. The molecule has 0 spiro atoms. The van der Waals surface area contributed by atoms with Crippen molar-refractivity contribution in [1.82, 2.24) is 5.32 Å². The van der Waals surface area contributed by atoms with Gasteiger partial charge in [0.25, 0.3) is 0 Å². The molecule has 0 aliphatic heterocycles. The van der Waals surface area contributed by atoms with Crippen LogP contribution < -0.4 is 5.32 Å². The second-order valence-corrected chi connectivity index (χ2v) is 4.79. The summed E-state index contributed by atoms with van der Waals surface area (Å²) < 4.78 is 0. The number of carbonyl (C=O) groups excluding carboxylic acids is 1. The number of hydrogen-bond donors (Lipinski definition) is 1. The topological polar surface area (TPSA) is 52.9 Å². The van der Waals surface area contributed by atoms with E-state index in [2.05, 4.69) is 17.5 Å². The molecule has 0 fully saturated rings. The number of rotatable bonds is 5. The Hall–Kier alpha value is -1.82. The molecular formula is C15H20N2O. The largest absolute Gasteiger partial charge is 0.354 e. The van der Waals surface area contributed by atoms with Crippen LogP contribution in [0.3, 0.4) is 0 Å². The van der Waals surface area contributed by atoms with E-state index in [1.54, 1.807) is 6.92 Å². The molecule has 1 amide bonds. The Labute approximate surface area is 109 Å². The fourth-order valence-electron chi connectivity index (χ4n) is 1.67. The van der Waals surface area contributed by atoms with Crippen molar-refractivity contribution < 1.29 is 4.79 Å². The van der Waals surface area contributed by atoms with Crippen LogP contribution in [0.2, 0.25) is 0 Å². The number of benzene rings is 1. The van der Waals surface area contributed by atoms with Gasteiger partial charge >= 0.3 is 0 Å². The summed E-state index contributed by atoms with van der Waals surface area (Å²) in [6.07, 6.45) is 1.32. The van der Waals surface area contributed by atoms with E-state index in [9.17, 15) is 4.79 Å². The number of carbonyl (C=O) groups is 1. The molecule has 0 aliphatic rings. The maximum atomic E-state index is 11.9. The summed E-state index contributed by atoms with van der Waals surface area (Å²) in [5, 5.41) is 11.8. The molecule has 1 atom stereocenters. The molecule has 1 aromatic carbocycles. The van der Waals surface area contributed by atoms with Crippen molar-refractivity contribution >= 4 is 5.91 Å². The van der Waals surface area contributed by atoms with Crippen molar-refractivity contribution in [2.45, 2.75) is 33.6 Å². The lowest BCUT2D eigenvalue weighted by Crippen LogP contribution is -2.38. The standard InChI is InChI=1S/C15H20N2O/c1-4-15(3,11-16)14(18)17-9-8-13-7-5-6-12(2)10-13/h5-7,10H,4,8-9H2,1-3H3,(H,17,18). The maximum absolute atomic E-state index is 11.9. The zero-order valence-corrected chi connectivity index (χ0v) is 11.3. The van der Waals surface area contributed by atoms with Gasteiger partial charge in [-0.3, -0.25) is 4.79 Å². The number of amides is 1. The summed E-state index contributed by atoms with van der Waals surface area (Å²) >= 11 is 0. The van der Waals surface area contributed by atoms with Crippen molar-refractivity contribution in [3.63, 3.8) is 0 Å². The Balaban J connectivity index is 2.48. The predicted molar refractivity (Wildman–Crippen MR) is 71.9 cm³/mol. The Morgan fingerprint density at radius 2 is 2.22 bits per heavy atom. The molecular weight excluding hydrogens is 224 g/mol. The quantitative estimate of drug-likeness (QED) is 0.865. The zero-order valence-electron chi connectivity index (χ0n) is 11.3. The third-order valence-electron chi connectivity index (χ3n) is 3.24. The van der Waals surface area contributed by atoms with E-state index in [4.69, 9.17) is 5.26 Å². The highest BCUT2D eigenvalue weighted by Gasteiger charge is 2.30. The van der Waals surface area contributed by atoms with Crippen molar-refractivity contribution in [3.8, 4) is 6.07 Å². The molecule has 96 valence electrons. The molecule has 0 saturated heterocycles. The minimum atomic E-state index is -0.910. The molecule has 1 N–H and O–H groups in total. The van der Waals surface area contributed by atoms with Gasteiger partial charge in [-0.1, -0.05) is 36.8 Å². The number of hydrogen-bond acceptors (Lipinski definition) is 2. The second-order valence-electron chi connectivity index (χ2n) is 4.79. The van der Waals surface area contributed by atoms with Crippen molar-refractivity contribution in [2.24, 2.45) is 5.41 Å². The van der Waals surface area contributed by atoms with Crippen LogP contribution >= 0.6 is 0 Å². The summed E-state index contributed by atoms with van der Waals surface area (Å²) in [5.41, 5.74) is 1.51. The van der Waals surface area contributed by atoms with Crippen LogP contribution in [-0.4, -0.2) is 12.5 Å². The average molecular weight is 244 g/mol. The first-order chi connectivity index (χ1) is 8.51. The van der Waals surface area contributed by atoms with Crippen molar-refractivity contribution in [3.05, 3.63) is 35.4 Å². The van der Waals surface area contributed by atoms with Gasteiger partial charge in [-0.2, -0.15) is 5.26 Å². The van der Waals surface area contributed by atoms with Crippen LogP contribution in [0.25, 0.3) is 0 Å². The second kappa shape index (κ2) is 6.20. The van der Waals surface area contributed by atoms with Crippen LogP contribution in [0.1, 0.15) is 31.4 Å². The third kappa shape index (κ3) is 3.59. The van der Waals surface area contributed by atoms with E-state index in [-0.39, 0.29) is 5.91 Å². The first kappa shape index (κ1) is 14.2. The summed E-state index contributed by atoms with van der Waals surface area (Å²) in [5.74, 6) is -0.180. The van der Waals surface area contributed by atoms with Gasteiger partial charge in [0.1, 0.15) is 5.41 Å². The van der Waals surface area contributed by atoms with E-state index in [0.717, 1.165) is 6.42 Å². The van der Waals surface area contributed by atoms with Gasteiger partial charge in [0.05, 0.1) is 6.07 Å². The number of nitriles is 1. The van der Waals surface area contributed by atoms with Gasteiger partial charge in [-0.15, -0.1) is 0 Å². The van der Waals surface area contributed by atoms with Crippen molar-refractivity contribution in [1.29, 1.82) is 5.26 Å². The van der Waals surface area contributed by atoms with E-state index < -0.39 is 5.41 Å². The minimum absolute atomic E-state index is 0.180. The fourth-order valence-corrected chi connectivity index (χ4v) is 1.67. The number of nitrogens with zero attached hydrogens (tertiary/aromatic N) is 1. The predicted octanol–water partition coefficient (Wildman–Crippen LogP) is 2.59. The molecule has 1 aromatic rings. The van der Waals surface area contributed by atoms with Gasteiger partial charge in [0.15, 0.2) is 0 Å². The molecule has 0 radical (unpaired) electrons. The molecule has 1 unspecified atom stereocenters. The van der Waals surface area contributed by atoms with Gasteiger partial charge in [0.2, 0.25) is 5.91 Å². The lowest BCUT2D eigenvalue weighted by Gasteiger charge is -2.18. The van der Waals surface area contributed by atoms with Gasteiger partial charge < -0.3 is 5.32 Å². The Morgan fingerprint density at radius 3 is 2.78 bits per heavy atom. The minimum Gasteiger partial charge on any atom is -0.354 e. The van der Waals surface area contributed by atoms with Crippen LogP contribution in [-0.2, 0) is 11.2 Å². The third-order valence-corrected chi connectivity index (χ3v) is 3.24. The molecule has 3 heteroatoms. The summed E-state index contributed by atoms with van der Waals surface area (Å²) in [6.45, 7) is 6.14. The van der Waals surface area contributed by atoms with Crippen LogP contribution in [0.4, 0.5) is 0 Å². The molecule has 3 nitrogen and oxygen atoms in total. The van der Waals surface area contributed by atoms with E-state index >= 15 is 0 Å². The smallest absolute Gasteiger partial charge is 0.240 e. The molecule has 18 heavy (non-hydrogen) atoms. The van der Waals surface area contributed by atoms with Gasteiger partial charge in [0, 0.05) is 6.54 Å². The SMILES string of the molecule is CCC(C)(C#N)C(=O)NCCc1cccc(C)c1. The maximum Gasteiger partial charge on any atom is 0.240 e. The summed E-state index contributed by atoms with van der Waals surface area (Å²) in [6, 6.07) is 10.3. The molecule has 1 rings (SSSR count). The van der Waals surface area contributed by atoms with Crippen LogP contribution in [0, 0.1) is 23.7 Å². The highest BCUT2D eigenvalue weighted by molar-refractivity contribution is 5.84. The highest BCUT2D eigenvalue weighted by atomic mass is 16.2. The normalized spacial score (nSPS) is 13.4. The lowest BCUT2D eigenvalue weighted by molar-refractivity contribution is -0.127. The summed E-state index contributed by atoms with van der Waals surface area (Å²) in [4.78, 5) is 11.9. The number of nitrogens with one attached hydrogen (secondary N) is 1. The Morgan fingerprint density at radius 1 is 1.50 bits per heavy atom. The van der Waals surface area contributed by atoms with Gasteiger partial charge in [-0.05, 0) is 32.3 Å².